The molecule has 1 aliphatic rings. The second-order valence-electron chi connectivity index (χ2n) is 10.6. The van der Waals surface area contributed by atoms with Gasteiger partial charge in [-0.1, -0.05) is 43.3 Å². The number of pyridine rings is 5. The van der Waals surface area contributed by atoms with Crippen molar-refractivity contribution in [3.05, 3.63) is 133 Å². The Bertz CT molecular complexity index is 1930. The van der Waals surface area contributed by atoms with Gasteiger partial charge >= 0.3 is 0 Å². The lowest BCUT2D eigenvalue weighted by Crippen LogP contribution is -2.04. The van der Waals surface area contributed by atoms with Crippen molar-refractivity contribution in [2.24, 2.45) is 10.9 Å². The molecule has 1 atom stereocenters. The fourth-order valence-electron chi connectivity index (χ4n) is 5.20. The molecule has 0 amide bonds. The average molecular weight is 557 g/mol. The van der Waals surface area contributed by atoms with Gasteiger partial charge in [-0.25, -0.2) is 4.98 Å². The molecule has 0 radical (unpaired) electrons. The van der Waals surface area contributed by atoms with Crippen LogP contribution in [0.1, 0.15) is 12.5 Å². The van der Waals surface area contributed by atoms with Gasteiger partial charge in [-0.3, -0.25) is 24.9 Å². The van der Waals surface area contributed by atoms with E-state index in [2.05, 4.69) is 58.3 Å². The SMILES string of the molecule is CC1C=C(c2cc(-c3ccc(-c4ccccn4)nc3)cc(-c3ccc(-c4cccc(-c5ccccn5)n4)nc3)c2)C=NC1. The summed E-state index contributed by atoms with van der Waals surface area (Å²) in [5.74, 6) is 0.390. The number of aromatic nitrogens is 5. The van der Waals surface area contributed by atoms with E-state index in [9.17, 15) is 0 Å². The van der Waals surface area contributed by atoms with E-state index >= 15 is 0 Å². The number of aliphatic imine (C=N–C) groups is 1. The molecular weight excluding hydrogens is 528 g/mol. The average Bonchev–Trinajstić information content (AvgIpc) is 3.09. The molecule has 0 saturated carbocycles. The van der Waals surface area contributed by atoms with Crippen molar-refractivity contribution in [2.75, 3.05) is 6.54 Å². The Kier molecular flexibility index (Phi) is 7.15. The van der Waals surface area contributed by atoms with Crippen LogP contribution in [-0.2, 0) is 0 Å². The van der Waals surface area contributed by atoms with E-state index in [1.807, 2.05) is 85.3 Å². The standard InChI is InChI=1S/C37H28N6/c1-25-17-31(22-38-21-25)30-19-28(26-11-13-34(41-23-26)32-7-2-4-15-39-32)18-29(20-30)27-12-14-35(42-24-27)37-10-6-9-36(43-37)33-8-3-5-16-40-33/h2-20,22-25H,21H2,1H3. The quantitative estimate of drug-likeness (QED) is 0.207. The Hall–Kier alpha value is -5.62. The van der Waals surface area contributed by atoms with Crippen LogP contribution in [0, 0.1) is 5.92 Å². The third-order valence-electron chi connectivity index (χ3n) is 7.41. The molecule has 6 heterocycles. The summed E-state index contributed by atoms with van der Waals surface area (Å²) in [7, 11) is 0. The van der Waals surface area contributed by atoms with Crippen LogP contribution in [0.5, 0.6) is 0 Å². The van der Waals surface area contributed by atoms with Crippen LogP contribution in [0.15, 0.2) is 133 Å². The summed E-state index contributed by atoms with van der Waals surface area (Å²) in [6, 6.07) is 32.5. The van der Waals surface area contributed by atoms with Gasteiger partial charge in [-0.05, 0) is 94.9 Å². The number of rotatable bonds is 6. The Morgan fingerprint density at radius 3 is 1.58 bits per heavy atom. The van der Waals surface area contributed by atoms with Gasteiger partial charge in [0, 0.05) is 48.7 Å². The first-order chi connectivity index (χ1) is 21.2. The van der Waals surface area contributed by atoms with E-state index < -0.39 is 0 Å². The first-order valence-corrected chi connectivity index (χ1v) is 14.3. The molecule has 5 aromatic heterocycles. The molecule has 1 unspecified atom stereocenters. The highest BCUT2D eigenvalue weighted by molar-refractivity contribution is 6.11. The smallest absolute Gasteiger partial charge is 0.0894 e. The summed E-state index contributed by atoms with van der Waals surface area (Å²) >= 11 is 0. The Balaban J connectivity index is 1.25. The van der Waals surface area contributed by atoms with E-state index in [-0.39, 0.29) is 0 Å². The maximum absolute atomic E-state index is 4.82. The number of benzene rings is 1. The van der Waals surface area contributed by atoms with Gasteiger partial charge in [-0.15, -0.1) is 0 Å². The molecule has 0 fully saturated rings. The maximum atomic E-state index is 4.82. The molecule has 43 heavy (non-hydrogen) atoms. The Morgan fingerprint density at radius 2 is 1.05 bits per heavy atom. The molecule has 0 spiro atoms. The predicted octanol–water partition coefficient (Wildman–Crippen LogP) is 8.10. The summed E-state index contributed by atoms with van der Waals surface area (Å²) in [5, 5.41) is 0. The fourth-order valence-corrected chi connectivity index (χ4v) is 5.20. The van der Waals surface area contributed by atoms with Gasteiger partial charge < -0.3 is 0 Å². The van der Waals surface area contributed by atoms with Gasteiger partial charge in [0.15, 0.2) is 0 Å². The van der Waals surface area contributed by atoms with Crippen molar-refractivity contribution in [3.8, 4) is 56.4 Å². The van der Waals surface area contributed by atoms with Crippen molar-refractivity contribution in [2.45, 2.75) is 6.92 Å². The van der Waals surface area contributed by atoms with Crippen molar-refractivity contribution >= 4 is 11.8 Å². The lowest BCUT2D eigenvalue weighted by atomic mass is 9.92. The molecule has 0 aliphatic carbocycles. The fraction of sp³-hybridized carbons (Fsp3) is 0.0811. The van der Waals surface area contributed by atoms with Crippen LogP contribution in [0.25, 0.3) is 62.0 Å². The third kappa shape index (κ3) is 5.76. The lowest BCUT2D eigenvalue weighted by molar-refractivity contribution is 0.740. The third-order valence-corrected chi connectivity index (χ3v) is 7.41. The predicted molar refractivity (Wildman–Crippen MR) is 173 cm³/mol. The van der Waals surface area contributed by atoms with Crippen LogP contribution in [-0.4, -0.2) is 37.7 Å². The van der Waals surface area contributed by atoms with Crippen LogP contribution in [0.2, 0.25) is 0 Å². The van der Waals surface area contributed by atoms with Gasteiger partial charge in [0.1, 0.15) is 0 Å². The van der Waals surface area contributed by atoms with Crippen LogP contribution >= 0.6 is 0 Å². The summed E-state index contributed by atoms with van der Waals surface area (Å²) in [4.78, 5) is 27.8. The minimum Gasteiger partial charge on any atom is -0.292 e. The number of hydrogen-bond donors (Lipinski definition) is 0. The first kappa shape index (κ1) is 26.3. The van der Waals surface area contributed by atoms with E-state index in [1.54, 1.807) is 12.4 Å². The van der Waals surface area contributed by atoms with Crippen molar-refractivity contribution in [3.63, 3.8) is 0 Å². The monoisotopic (exact) mass is 556 g/mol. The molecule has 0 saturated heterocycles. The molecule has 0 N–H and O–H groups in total. The molecule has 1 aliphatic heterocycles. The molecule has 6 heteroatoms. The van der Waals surface area contributed by atoms with E-state index in [0.717, 1.165) is 74.1 Å². The van der Waals surface area contributed by atoms with Gasteiger partial charge in [0.2, 0.25) is 0 Å². The van der Waals surface area contributed by atoms with Gasteiger partial charge in [0.05, 0.1) is 34.2 Å². The second-order valence-corrected chi connectivity index (χ2v) is 10.6. The molecular formula is C37H28N6. The molecule has 7 rings (SSSR count). The summed E-state index contributed by atoms with van der Waals surface area (Å²) in [6.07, 6.45) is 11.7. The summed E-state index contributed by atoms with van der Waals surface area (Å²) in [6.45, 7) is 3.01. The largest absolute Gasteiger partial charge is 0.292 e. The highest BCUT2D eigenvalue weighted by Gasteiger charge is 2.13. The van der Waals surface area contributed by atoms with Crippen molar-refractivity contribution in [1.82, 2.24) is 24.9 Å². The first-order valence-electron chi connectivity index (χ1n) is 14.3. The minimum atomic E-state index is 0.390. The Morgan fingerprint density at radius 1 is 0.512 bits per heavy atom. The lowest BCUT2D eigenvalue weighted by Gasteiger charge is -2.15. The van der Waals surface area contributed by atoms with Crippen LogP contribution in [0.4, 0.5) is 0 Å². The van der Waals surface area contributed by atoms with E-state index in [1.165, 1.54) is 0 Å². The van der Waals surface area contributed by atoms with Gasteiger partial charge in [0.25, 0.3) is 0 Å². The summed E-state index contributed by atoms with van der Waals surface area (Å²) in [5.41, 5.74) is 11.4. The van der Waals surface area contributed by atoms with Crippen molar-refractivity contribution < 1.29 is 0 Å². The van der Waals surface area contributed by atoms with Crippen LogP contribution in [0.3, 0.4) is 0 Å². The highest BCUT2D eigenvalue weighted by Crippen LogP contribution is 2.33. The topological polar surface area (TPSA) is 76.8 Å². The molecule has 6 nitrogen and oxygen atoms in total. The van der Waals surface area contributed by atoms with Crippen molar-refractivity contribution in [1.29, 1.82) is 0 Å². The normalized spacial score (nSPS) is 14.3. The Labute approximate surface area is 250 Å². The second kappa shape index (κ2) is 11.7. The van der Waals surface area contributed by atoms with E-state index in [0.29, 0.717) is 5.92 Å². The van der Waals surface area contributed by atoms with Gasteiger partial charge in [-0.2, -0.15) is 0 Å². The van der Waals surface area contributed by atoms with Crippen LogP contribution < -0.4 is 0 Å². The molecule has 206 valence electrons. The zero-order chi connectivity index (χ0) is 29.0. The zero-order valence-corrected chi connectivity index (χ0v) is 23.7. The van der Waals surface area contributed by atoms with E-state index in [4.69, 9.17) is 15.0 Å². The number of allylic oxidation sites excluding steroid dienone is 1. The number of hydrogen-bond acceptors (Lipinski definition) is 6. The number of nitrogens with zero attached hydrogens (tertiary/aromatic N) is 6. The molecule has 0 bridgehead atoms. The summed E-state index contributed by atoms with van der Waals surface area (Å²) < 4.78 is 0. The molecule has 6 aromatic rings. The molecule has 1 aromatic carbocycles. The minimum absolute atomic E-state index is 0.390. The number of dihydropyridines is 1. The highest BCUT2D eigenvalue weighted by atomic mass is 14.8. The maximum Gasteiger partial charge on any atom is 0.0894 e. The zero-order valence-electron chi connectivity index (χ0n) is 23.7.